The van der Waals surface area contributed by atoms with Gasteiger partial charge in [-0.25, -0.2) is 4.79 Å². The van der Waals surface area contributed by atoms with Crippen molar-refractivity contribution >= 4 is 34.6 Å². The Morgan fingerprint density at radius 1 is 1.09 bits per heavy atom. The molecule has 3 atom stereocenters. The predicted octanol–water partition coefficient (Wildman–Crippen LogP) is 7.48. The summed E-state index contributed by atoms with van der Waals surface area (Å²) in [6.07, 6.45) is 3.64. The van der Waals surface area contributed by atoms with Crippen molar-refractivity contribution in [2.24, 2.45) is 5.92 Å². The smallest absolute Gasteiger partial charge is 0.344 e. The van der Waals surface area contributed by atoms with E-state index < -0.39 is 12.1 Å². The summed E-state index contributed by atoms with van der Waals surface area (Å²) < 4.78 is 5.83. The van der Waals surface area contributed by atoms with E-state index in [4.69, 9.17) is 4.74 Å². The van der Waals surface area contributed by atoms with Crippen molar-refractivity contribution in [3.05, 3.63) is 78.1 Å². The summed E-state index contributed by atoms with van der Waals surface area (Å²) in [6.45, 7) is 10.1. The minimum absolute atomic E-state index is 0.0151. The van der Waals surface area contributed by atoms with Crippen LogP contribution in [0, 0.1) is 5.92 Å². The zero-order valence-corrected chi connectivity index (χ0v) is 22.0. The topological polar surface area (TPSA) is 63.6 Å². The first kappa shape index (κ1) is 28.1. The number of ether oxygens (including phenoxy) is 1. The molecule has 4 nitrogen and oxygen atoms in total. The molecule has 0 spiro atoms. The molecule has 2 rings (SSSR count). The molecule has 3 unspecified atom stereocenters. The first-order valence-corrected chi connectivity index (χ1v) is 13.8. The lowest BCUT2D eigenvalue weighted by atomic mass is 10.1. The van der Waals surface area contributed by atoms with E-state index in [1.54, 1.807) is 23.9 Å². The Bertz CT molecular complexity index is 929. The van der Waals surface area contributed by atoms with E-state index in [-0.39, 0.29) is 16.3 Å². The number of aliphatic carboxylic acids is 1. The van der Waals surface area contributed by atoms with Gasteiger partial charge in [-0.2, -0.15) is 0 Å². The Balaban J connectivity index is 1.91. The molecular weight excluding hydrogens is 464 g/mol. The average molecular weight is 501 g/mol. The Morgan fingerprint density at radius 2 is 1.82 bits per heavy atom. The Morgan fingerprint density at radius 3 is 2.47 bits per heavy atom. The molecule has 184 valence electrons. The van der Waals surface area contributed by atoms with E-state index in [1.165, 1.54) is 17.3 Å². The number of aryl methyl sites for hydroxylation is 1. The maximum Gasteiger partial charge on any atom is 0.344 e. The molecule has 2 aromatic rings. The Kier molecular flexibility index (Phi) is 12.3. The Hall–Kier alpha value is -2.18. The zero-order valence-electron chi connectivity index (χ0n) is 20.4. The largest absolute Gasteiger partial charge is 0.483 e. The lowest BCUT2D eigenvalue weighted by Gasteiger charge is -2.24. The Labute approximate surface area is 212 Å². The van der Waals surface area contributed by atoms with Gasteiger partial charge in [-0.3, -0.25) is 4.79 Å². The quantitative estimate of drug-likeness (QED) is 0.202. The molecule has 6 heteroatoms. The van der Waals surface area contributed by atoms with Crippen molar-refractivity contribution in [2.45, 2.75) is 69.1 Å². The molecular formula is C28H36O4S2. The van der Waals surface area contributed by atoms with Gasteiger partial charge in [-0.15, -0.1) is 11.8 Å². The van der Waals surface area contributed by atoms with Crippen molar-refractivity contribution in [3.8, 4) is 0 Å². The first-order valence-electron chi connectivity index (χ1n) is 11.9. The van der Waals surface area contributed by atoms with Gasteiger partial charge in [0.25, 0.3) is 0 Å². The van der Waals surface area contributed by atoms with Crippen molar-refractivity contribution in [2.75, 3.05) is 5.75 Å². The lowest BCUT2D eigenvalue weighted by molar-refractivity contribution is -0.148. The second kappa shape index (κ2) is 14.9. The molecule has 0 bridgehead atoms. The van der Waals surface area contributed by atoms with Gasteiger partial charge in [-0.05, 0) is 37.0 Å². The number of carboxylic acids is 1. The summed E-state index contributed by atoms with van der Waals surface area (Å²) in [6, 6.07) is 17.6. The number of allylic oxidation sites excluding steroid dienone is 1. The molecule has 0 radical (unpaired) electrons. The molecule has 0 aromatic heterocycles. The molecule has 0 aliphatic heterocycles. The van der Waals surface area contributed by atoms with Crippen molar-refractivity contribution in [1.29, 1.82) is 0 Å². The fourth-order valence-corrected chi connectivity index (χ4v) is 5.42. The van der Waals surface area contributed by atoms with Crippen LogP contribution in [0.1, 0.15) is 62.4 Å². The number of benzene rings is 2. The van der Waals surface area contributed by atoms with E-state index >= 15 is 0 Å². The molecule has 2 aromatic carbocycles. The minimum atomic E-state index is -0.989. The van der Waals surface area contributed by atoms with Crippen LogP contribution in [0.3, 0.4) is 0 Å². The van der Waals surface area contributed by atoms with Crippen LogP contribution in [-0.4, -0.2) is 33.3 Å². The van der Waals surface area contributed by atoms with Crippen LogP contribution in [0.2, 0.25) is 0 Å². The second-order valence-corrected chi connectivity index (χ2v) is 10.8. The molecule has 0 heterocycles. The SMILES string of the molecule is C=C(OC(CC(CC)Sc1cccc(CCCC)c1)C(=O)O)C(C)CSC(=O)c1ccccc1. The van der Waals surface area contributed by atoms with Crippen LogP contribution in [0.5, 0.6) is 0 Å². The maximum atomic E-state index is 12.3. The molecule has 34 heavy (non-hydrogen) atoms. The van der Waals surface area contributed by atoms with Gasteiger partial charge in [0, 0.05) is 33.8 Å². The van der Waals surface area contributed by atoms with E-state index in [9.17, 15) is 14.7 Å². The van der Waals surface area contributed by atoms with Gasteiger partial charge in [0.2, 0.25) is 5.12 Å². The number of hydrogen-bond donors (Lipinski definition) is 1. The summed E-state index contributed by atoms with van der Waals surface area (Å²) in [7, 11) is 0. The summed E-state index contributed by atoms with van der Waals surface area (Å²) in [5.74, 6) is -0.253. The normalized spacial score (nSPS) is 13.6. The number of carbonyl (C=O) groups is 2. The number of hydrogen-bond acceptors (Lipinski definition) is 5. The number of unbranched alkanes of at least 4 members (excludes halogenated alkanes) is 1. The standard InChI is InChI=1S/C28H36O4S2/c1-5-7-12-22-13-11-16-25(17-22)34-24(6-2)18-26(27(29)30)32-21(4)20(3)19-33-28(31)23-14-9-8-10-15-23/h8-11,13-17,20,24,26H,4-7,12,18-19H2,1-3H3,(H,29,30). The van der Waals surface area contributed by atoms with E-state index in [2.05, 4.69) is 44.7 Å². The molecule has 0 saturated carbocycles. The summed E-state index contributed by atoms with van der Waals surface area (Å²) >= 11 is 2.90. The number of thioether (sulfide) groups is 2. The van der Waals surface area contributed by atoms with Crippen LogP contribution in [-0.2, 0) is 16.0 Å². The highest BCUT2D eigenvalue weighted by molar-refractivity contribution is 8.14. The van der Waals surface area contributed by atoms with Crippen LogP contribution in [0.25, 0.3) is 0 Å². The fraction of sp³-hybridized carbons (Fsp3) is 0.429. The lowest BCUT2D eigenvalue weighted by Crippen LogP contribution is -2.28. The maximum absolute atomic E-state index is 12.3. The van der Waals surface area contributed by atoms with Gasteiger partial charge >= 0.3 is 5.97 Å². The molecule has 0 amide bonds. The molecule has 1 N–H and O–H groups in total. The highest BCUT2D eigenvalue weighted by atomic mass is 32.2. The number of carboxylic acid groups (broad SMARTS) is 1. The van der Waals surface area contributed by atoms with Crippen molar-refractivity contribution in [1.82, 2.24) is 0 Å². The van der Waals surface area contributed by atoms with Crippen molar-refractivity contribution < 1.29 is 19.4 Å². The first-order chi connectivity index (χ1) is 16.3. The van der Waals surface area contributed by atoms with Gasteiger partial charge < -0.3 is 9.84 Å². The number of rotatable bonds is 15. The minimum Gasteiger partial charge on any atom is -0.483 e. The molecule has 0 aliphatic rings. The molecule has 0 aliphatic carbocycles. The summed E-state index contributed by atoms with van der Waals surface area (Å²) in [5.41, 5.74) is 1.97. The van der Waals surface area contributed by atoms with Gasteiger partial charge in [-0.1, -0.05) is 88.0 Å². The van der Waals surface area contributed by atoms with Gasteiger partial charge in [0.15, 0.2) is 6.10 Å². The highest BCUT2D eigenvalue weighted by Gasteiger charge is 2.26. The fourth-order valence-electron chi connectivity index (χ4n) is 3.33. The van der Waals surface area contributed by atoms with Crippen LogP contribution in [0.4, 0.5) is 0 Å². The van der Waals surface area contributed by atoms with Crippen molar-refractivity contribution in [3.63, 3.8) is 0 Å². The van der Waals surface area contributed by atoms with E-state index in [1.807, 2.05) is 25.1 Å². The monoisotopic (exact) mass is 500 g/mol. The molecule has 0 fully saturated rings. The summed E-state index contributed by atoms with van der Waals surface area (Å²) in [5, 5.41) is 9.88. The third-order valence-corrected chi connectivity index (χ3v) is 8.09. The molecule has 0 saturated heterocycles. The zero-order chi connectivity index (χ0) is 24.9. The van der Waals surface area contributed by atoms with Gasteiger partial charge in [0.1, 0.15) is 0 Å². The van der Waals surface area contributed by atoms with E-state index in [0.29, 0.717) is 23.5 Å². The third-order valence-electron chi connectivity index (χ3n) is 5.55. The van der Waals surface area contributed by atoms with Crippen LogP contribution < -0.4 is 0 Å². The van der Waals surface area contributed by atoms with Gasteiger partial charge in [0.05, 0.1) is 5.76 Å². The number of carbonyl (C=O) groups excluding carboxylic acids is 1. The average Bonchev–Trinajstić information content (AvgIpc) is 2.85. The predicted molar refractivity (Wildman–Crippen MR) is 144 cm³/mol. The third kappa shape index (κ3) is 9.59. The van der Waals surface area contributed by atoms with E-state index in [0.717, 1.165) is 30.6 Å². The van der Waals surface area contributed by atoms with Crippen LogP contribution >= 0.6 is 23.5 Å². The highest BCUT2D eigenvalue weighted by Crippen LogP contribution is 2.31. The summed E-state index contributed by atoms with van der Waals surface area (Å²) in [4.78, 5) is 25.4. The van der Waals surface area contributed by atoms with Crippen LogP contribution in [0.15, 0.2) is 71.8 Å². The second-order valence-electron chi connectivity index (χ2n) is 8.41.